The Kier molecular flexibility index (Phi) is 4.01. The molecule has 0 radical (unpaired) electrons. The molecule has 0 aliphatic carbocycles. The zero-order valence-corrected chi connectivity index (χ0v) is 10.2. The maximum Gasteiger partial charge on any atom is 0.246 e. The third kappa shape index (κ3) is 3.44. The molecule has 2 N–H and O–H groups in total. The minimum atomic E-state index is -0.402. The zero-order chi connectivity index (χ0) is 12.3. The molecule has 0 spiro atoms. The van der Waals surface area contributed by atoms with Gasteiger partial charge in [0.05, 0.1) is 0 Å². The van der Waals surface area contributed by atoms with Crippen LogP contribution in [0.3, 0.4) is 0 Å². The molecule has 2 heterocycles. The summed E-state index contributed by atoms with van der Waals surface area (Å²) in [4.78, 5) is 35.5. The quantitative estimate of drug-likeness (QED) is 0.593. The van der Waals surface area contributed by atoms with E-state index in [1.807, 2.05) is 11.8 Å². The van der Waals surface area contributed by atoms with Gasteiger partial charge < -0.3 is 10.2 Å². The highest BCUT2D eigenvalue weighted by Gasteiger charge is 2.28. The van der Waals surface area contributed by atoms with E-state index in [0.29, 0.717) is 6.42 Å². The van der Waals surface area contributed by atoms with E-state index in [0.717, 1.165) is 18.1 Å². The van der Waals surface area contributed by atoms with Gasteiger partial charge in [-0.15, -0.1) is 0 Å². The summed E-state index contributed by atoms with van der Waals surface area (Å²) in [7, 11) is 0. The lowest BCUT2D eigenvalue weighted by Crippen LogP contribution is -2.54. The molecule has 0 saturated carbocycles. The van der Waals surface area contributed by atoms with Gasteiger partial charge in [-0.3, -0.25) is 19.7 Å². The van der Waals surface area contributed by atoms with Crippen molar-refractivity contribution < 1.29 is 14.4 Å². The van der Waals surface area contributed by atoms with Crippen LogP contribution in [0.25, 0.3) is 0 Å². The van der Waals surface area contributed by atoms with Gasteiger partial charge in [-0.1, -0.05) is 0 Å². The minimum absolute atomic E-state index is 0.00949. The molecule has 7 heteroatoms. The standard InChI is InChI=1S/C10H15N3O3S/c14-8-4-13(5-9(15)12-8)10(16)3-7-6-17-2-1-11-7/h7,11H,1-6H2,(H,12,14,15). The fraction of sp³-hybridized carbons (Fsp3) is 0.700. The van der Waals surface area contributed by atoms with Gasteiger partial charge in [-0.05, 0) is 0 Å². The van der Waals surface area contributed by atoms with Crippen molar-refractivity contribution in [3.8, 4) is 0 Å². The SMILES string of the molecule is O=C1CN(C(=O)CC2CSCCN2)CC(=O)N1. The van der Waals surface area contributed by atoms with Gasteiger partial charge in [0.15, 0.2) is 0 Å². The molecule has 2 aliphatic heterocycles. The molecule has 0 bridgehead atoms. The fourth-order valence-corrected chi connectivity index (χ4v) is 2.85. The molecule has 2 fully saturated rings. The first kappa shape index (κ1) is 12.4. The molecule has 94 valence electrons. The van der Waals surface area contributed by atoms with E-state index < -0.39 is 11.8 Å². The van der Waals surface area contributed by atoms with Gasteiger partial charge in [0.2, 0.25) is 17.7 Å². The average molecular weight is 257 g/mol. The molecule has 3 amide bonds. The summed E-state index contributed by atoms with van der Waals surface area (Å²) in [5.41, 5.74) is 0. The molecule has 2 rings (SSSR count). The van der Waals surface area contributed by atoms with Crippen LogP contribution >= 0.6 is 11.8 Å². The predicted molar refractivity (Wildman–Crippen MR) is 63.5 cm³/mol. The number of nitrogens with one attached hydrogen (secondary N) is 2. The summed E-state index contributed by atoms with van der Waals surface area (Å²) in [6.07, 6.45) is 0.355. The molecule has 0 aromatic carbocycles. The Morgan fingerprint density at radius 3 is 2.65 bits per heavy atom. The number of imide groups is 1. The Morgan fingerprint density at radius 1 is 1.35 bits per heavy atom. The minimum Gasteiger partial charge on any atom is -0.324 e. The third-order valence-corrected chi connectivity index (χ3v) is 3.85. The lowest BCUT2D eigenvalue weighted by molar-refractivity contribution is -0.145. The molecule has 1 atom stereocenters. The van der Waals surface area contributed by atoms with Crippen molar-refractivity contribution in [2.75, 3.05) is 31.1 Å². The number of piperazine rings is 1. The maximum absolute atomic E-state index is 11.9. The highest BCUT2D eigenvalue weighted by molar-refractivity contribution is 7.99. The molecule has 2 saturated heterocycles. The van der Waals surface area contributed by atoms with E-state index in [9.17, 15) is 14.4 Å². The Bertz CT molecular complexity index is 326. The van der Waals surface area contributed by atoms with Crippen LogP contribution in [0.4, 0.5) is 0 Å². The number of amides is 3. The lowest BCUT2D eigenvalue weighted by atomic mass is 10.2. The van der Waals surface area contributed by atoms with Crippen molar-refractivity contribution in [3.63, 3.8) is 0 Å². The van der Waals surface area contributed by atoms with E-state index in [2.05, 4.69) is 10.6 Å². The van der Waals surface area contributed by atoms with Crippen molar-refractivity contribution in [2.24, 2.45) is 0 Å². The number of carbonyl (C=O) groups is 3. The Morgan fingerprint density at radius 2 is 2.06 bits per heavy atom. The number of carbonyl (C=O) groups excluding carboxylic acids is 3. The van der Waals surface area contributed by atoms with E-state index in [1.165, 1.54) is 4.90 Å². The molecular weight excluding hydrogens is 242 g/mol. The summed E-state index contributed by atoms with van der Waals surface area (Å²) in [6.45, 7) is 0.886. The fourth-order valence-electron chi connectivity index (χ4n) is 1.90. The number of nitrogens with zero attached hydrogens (tertiary/aromatic N) is 1. The first-order chi connectivity index (χ1) is 8.15. The number of rotatable bonds is 2. The predicted octanol–water partition coefficient (Wildman–Crippen LogP) is -1.43. The van der Waals surface area contributed by atoms with E-state index in [-0.39, 0.29) is 25.0 Å². The second kappa shape index (κ2) is 5.50. The highest BCUT2D eigenvalue weighted by Crippen LogP contribution is 2.11. The molecule has 0 aromatic heterocycles. The maximum atomic E-state index is 11.9. The third-order valence-electron chi connectivity index (χ3n) is 2.72. The van der Waals surface area contributed by atoms with Gasteiger partial charge >= 0.3 is 0 Å². The number of hydrogen-bond donors (Lipinski definition) is 2. The van der Waals surface area contributed by atoms with Gasteiger partial charge in [-0.2, -0.15) is 11.8 Å². The Hall–Kier alpha value is -1.08. The zero-order valence-electron chi connectivity index (χ0n) is 9.40. The van der Waals surface area contributed by atoms with Crippen LogP contribution < -0.4 is 10.6 Å². The summed E-state index contributed by atoms with van der Waals surface area (Å²) >= 11 is 1.81. The molecule has 17 heavy (non-hydrogen) atoms. The average Bonchev–Trinajstić information content (AvgIpc) is 2.29. The second-order valence-electron chi connectivity index (χ2n) is 4.15. The lowest BCUT2D eigenvalue weighted by Gasteiger charge is -2.28. The van der Waals surface area contributed by atoms with Crippen LogP contribution in [0, 0.1) is 0 Å². The summed E-state index contributed by atoms with van der Waals surface area (Å²) in [5.74, 6) is 1.03. The molecule has 6 nitrogen and oxygen atoms in total. The van der Waals surface area contributed by atoms with Gasteiger partial charge in [0, 0.05) is 30.5 Å². The van der Waals surface area contributed by atoms with Gasteiger partial charge in [0.1, 0.15) is 13.1 Å². The monoisotopic (exact) mass is 257 g/mol. The molecule has 1 unspecified atom stereocenters. The number of thioether (sulfide) groups is 1. The van der Waals surface area contributed by atoms with Crippen molar-refractivity contribution in [1.82, 2.24) is 15.5 Å². The molecular formula is C10H15N3O3S. The topological polar surface area (TPSA) is 78.5 Å². The van der Waals surface area contributed by atoms with Crippen LogP contribution in [0.2, 0.25) is 0 Å². The van der Waals surface area contributed by atoms with Crippen LogP contribution in [0.15, 0.2) is 0 Å². The molecule has 0 aromatic rings. The van der Waals surface area contributed by atoms with Crippen molar-refractivity contribution >= 4 is 29.5 Å². The van der Waals surface area contributed by atoms with E-state index in [4.69, 9.17) is 0 Å². The first-order valence-electron chi connectivity index (χ1n) is 5.57. The van der Waals surface area contributed by atoms with E-state index in [1.54, 1.807) is 0 Å². The Balaban J connectivity index is 1.86. The van der Waals surface area contributed by atoms with Gasteiger partial charge in [-0.25, -0.2) is 0 Å². The van der Waals surface area contributed by atoms with E-state index >= 15 is 0 Å². The van der Waals surface area contributed by atoms with Gasteiger partial charge in [0.25, 0.3) is 0 Å². The van der Waals surface area contributed by atoms with Crippen LogP contribution in [0.5, 0.6) is 0 Å². The van der Waals surface area contributed by atoms with Crippen LogP contribution in [0.1, 0.15) is 6.42 Å². The van der Waals surface area contributed by atoms with Crippen molar-refractivity contribution in [1.29, 1.82) is 0 Å². The van der Waals surface area contributed by atoms with Crippen LogP contribution in [-0.4, -0.2) is 59.8 Å². The first-order valence-corrected chi connectivity index (χ1v) is 6.72. The summed E-state index contributed by atoms with van der Waals surface area (Å²) < 4.78 is 0. The van der Waals surface area contributed by atoms with Crippen molar-refractivity contribution in [2.45, 2.75) is 12.5 Å². The largest absolute Gasteiger partial charge is 0.324 e. The highest BCUT2D eigenvalue weighted by atomic mass is 32.2. The summed E-state index contributed by atoms with van der Waals surface area (Å²) in [6, 6.07) is 0.154. The molecule has 2 aliphatic rings. The van der Waals surface area contributed by atoms with Crippen LogP contribution in [-0.2, 0) is 14.4 Å². The summed E-state index contributed by atoms with van der Waals surface area (Å²) in [5, 5.41) is 5.43. The number of hydrogen-bond acceptors (Lipinski definition) is 5. The smallest absolute Gasteiger partial charge is 0.246 e. The Labute approximate surface area is 103 Å². The second-order valence-corrected chi connectivity index (χ2v) is 5.30. The van der Waals surface area contributed by atoms with Crippen molar-refractivity contribution in [3.05, 3.63) is 0 Å². The normalized spacial score (nSPS) is 25.6.